The van der Waals surface area contributed by atoms with Crippen LogP contribution in [-0.2, 0) is 0 Å². The Balaban J connectivity index is 2.17. The molecule has 2 rings (SSSR count). The average Bonchev–Trinajstić information content (AvgIpc) is 2.64. The van der Waals surface area contributed by atoms with Gasteiger partial charge in [-0.15, -0.1) is 11.3 Å². The zero-order valence-electron chi connectivity index (χ0n) is 9.19. The number of piperidine rings is 1. The van der Waals surface area contributed by atoms with Crippen molar-refractivity contribution >= 4 is 17.2 Å². The number of likely N-dealkylation sites (tertiary alicyclic amines) is 1. The first kappa shape index (κ1) is 10.6. The number of rotatable bonds is 1. The van der Waals surface area contributed by atoms with Gasteiger partial charge in [-0.3, -0.25) is 4.79 Å². The van der Waals surface area contributed by atoms with Crippen molar-refractivity contribution in [3.8, 4) is 0 Å². The number of carbonyl (C=O) groups is 1. The Kier molecular flexibility index (Phi) is 3.05. The first-order valence-corrected chi connectivity index (χ1v) is 6.29. The molecule has 0 saturated carbocycles. The molecule has 1 fully saturated rings. The maximum Gasteiger partial charge on any atom is 0.266 e. The van der Waals surface area contributed by atoms with Gasteiger partial charge in [-0.05, 0) is 33.1 Å². The van der Waals surface area contributed by atoms with Crippen LogP contribution >= 0.6 is 11.3 Å². The summed E-state index contributed by atoms with van der Waals surface area (Å²) in [6, 6.07) is 0.382. The molecule has 1 aliphatic rings. The van der Waals surface area contributed by atoms with Crippen LogP contribution in [0.15, 0.2) is 5.51 Å². The molecule has 1 amide bonds. The lowest BCUT2D eigenvalue weighted by molar-refractivity contribution is 0.0639. The van der Waals surface area contributed by atoms with Crippen LogP contribution in [0.4, 0.5) is 0 Å². The molecule has 0 spiro atoms. The second kappa shape index (κ2) is 4.31. The van der Waals surface area contributed by atoms with Crippen LogP contribution in [0, 0.1) is 6.92 Å². The second-order valence-electron chi connectivity index (χ2n) is 4.11. The minimum atomic E-state index is 0.169. The van der Waals surface area contributed by atoms with Crippen molar-refractivity contribution in [2.24, 2.45) is 0 Å². The van der Waals surface area contributed by atoms with Crippen molar-refractivity contribution in [1.29, 1.82) is 0 Å². The lowest BCUT2D eigenvalue weighted by Gasteiger charge is -2.33. The van der Waals surface area contributed by atoms with E-state index in [1.54, 1.807) is 5.51 Å². The molecule has 0 bridgehead atoms. The van der Waals surface area contributed by atoms with Gasteiger partial charge in [0.15, 0.2) is 0 Å². The molecule has 15 heavy (non-hydrogen) atoms. The zero-order valence-corrected chi connectivity index (χ0v) is 10.0. The summed E-state index contributed by atoms with van der Waals surface area (Å²) in [5, 5.41) is 0. The number of amides is 1. The van der Waals surface area contributed by atoms with Crippen LogP contribution in [0.3, 0.4) is 0 Å². The fourth-order valence-electron chi connectivity index (χ4n) is 2.04. The SMILES string of the molecule is Cc1ncsc1C(=O)N1CCCC[C@H]1C. The molecule has 1 atom stereocenters. The Hall–Kier alpha value is -0.900. The van der Waals surface area contributed by atoms with Gasteiger partial charge >= 0.3 is 0 Å². The maximum atomic E-state index is 12.2. The number of hydrogen-bond acceptors (Lipinski definition) is 3. The first-order chi connectivity index (χ1) is 7.20. The number of thiazole rings is 1. The molecule has 82 valence electrons. The van der Waals surface area contributed by atoms with E-state index >= 15 is 0 Å². The normalized spacial score (nSPS) is 21.7. The standard InChI is InChI=1S/C11H16N2OS/c1-8-5-3-4-6-13(8)11(14)10-9(2)12-7-15-10/h7-8H,3-6H2,1-2H3/t8-/m1/s1. The van der Waals surface area contributed by atoms with Crippen LogP contribution in [0.1, 0.15) is 41.6 Å². The number of aromatic nitrogens is 1. The summed E-state index contributed by atoms with van der Waals surface area (Å²) < 4.78 is 0. The van der Waals surface area contributed by atoms with Crippen LogP contribution in [0.2, 0.25) is 0 Å². The summed E-state index contributed by atoms with van der Waals surface area (Å²) in [7, 11) is 0. The van der Waals surface area contributed by atoms with E-state index in [0.29, 0.717) is 6.04 Å². The number of hydrogen-bond donors (Lipinski definition) is 0. The van der Waals surface area contributed by atoms with Crippen molar-refractivity contribution in [1.82, 2.24) is 9.88 Å². The molecule has 4 heteroatoms. The third-order valence-corrected chi connectivity index (χ3v) is 3.92. The third-order valence-electron chi connectivity index (χ3n) is 3.00. The summed E-state index contributed by atoms with van der Waals surface area (Å²) in [4.78, 5) is 19.1. The molecule has 0 aromatic carbocycles. The average molecular weight is 224 g/mol. The van der Waals surface area contributed by atoms with Crippen molar-refractivity contribution < 1.29 is 4.79 Å². The van der Waals surface area contributed by atoms with Crippen LogP contribution in [0.25, 0.3) is 0 Å². The summed E-state index contributed by atoms with van der Waals surface area (Å²) >= 11 is 1.45. The lowest BCUT2D eigenvalue weighted by atomic mass is 10.0. The lowest BCUT2D eigenvalue weighted by Crippen LogP contribution is -2.41. The van der Waals surface area contributed by atoms with E-state index in [1.807, 2.05) is 11.8 Å². The van der Waals surface area contributed by atoms with Crippen molar-refractivity contribution in [2.75, 3.05) is 6.54 Å². The Morgan fingerprint density at radius 2 is 2.40 bits per heavy atom. The molecular weight excluding hydrogens is 208 g/mol. The van der Waals surface area contributed by atoms with Crippen molar-refractivity contribution in [3.05, 3.63) is 16.1 Å². The van der Waals surface area contributed by atoms with Gasteiger partial charge in [-0.1, -0.05) is 0 Å². The molecule has 3 nitrogen and oxygen atoms in total. The molecule has 0 aliphatic carbocycles. The topological polar surface area (TPSA) is 33.2 Å². The van der Waals surface area contributed by atoms with Crippen molar-refractivity contribution in [2.45, 2.75) is 39.2 Å². The molecule has 1 saturated heterocycles. The van der Waals surface area contributed by atoms with Gasteiger partial charge < -0.3 is 4.90 Å². The monoisotopic (exact) mass is 224 g/mol. The highest BCUT2D eigenvalue weighted by molar-refractivity contribution is 7.11. The molecule has 0 N–H and O–H groups in total. The molecule has 1 aliphatic heterocycles. The smallest absolute Gasteiger partial charge is 0.266 e. The molecule has 1 aromatic heterocycles. The minimum absolute atomic E-state index is 0.169. The van der Waals surface area contributed by atoms with Crippen LogP contribution in [0.5, 0.6) is 0 Å². The van der Waals surface area contributed by atoms with E-state index in [9.17, 15) is 4.79 Å². The number of aryl methyl sites for hydroxylation is 1. The van der Waals surface area contributed by atoms with Crippen LogP contribution in [-0.4, -0.2) is 28.4 Å². The number of nitrogens with zero attached hydrogens (tertiary/aromatic N) is 2. The van der Waals surface area contributed by atoms with Gasteiger partial charge in [0.05, 0.1) is 11.2 Å². The van der Waals surface area contributed by atoms with Gasteiger partial charge in [0.1, 0.15) is 4.88 Å². The molecule has 1 aromatic rings. The van der Waals surface area contributed by atoms with Crippen LogP contribution < -0.4 is 0 Å². The van der Waals surface area contributed by atoms with E-state index in [4.69, 9.17) is 0 Å². The van der Waals surface area contributed by atoms with E-state index in [0.717, 1.165) is 30.0 Å². The third kappa shape index (κ3) is 2.04. The second-order valence-corrected chi connectivity index (χ2v) is 4.97. The van der Waals surface area contributed by atoms with E-state index in [-0.39, 0.29) is 5.91 Å². The Bertz CT molecular complexity index is 361. The Labute approximate surface area is 94.1 Å². The summed E-state index contributed by atoms with van der Waals surface area (Å²) in [5.74, 6) is 0.169. The largest absolute Gasteiger partial charge is 0.335 e. The Morgan fingerprint density at radius 3 is 3.00 bits per heavy atom. The first-order valence-electron chi connectivity index (χ1n) is 5.41. The van der Waals surface area contributed by atoms with E-state index < -0.39 is 0 Å². The molecule has 0 unspecified atom stereocenters. The quantitative estimate of drug-likeness (QED) is 0.734. The highest BCUT2D eigenvalue weighted by Crippen LogP contribution is 2.22. The predicted octanol–water partition coefficient (Wildman–Crippen LogP) is 2.47. The Morgan fingerprint density at radius 1 is 1.60 bits per heavy atom. The highest BCUT2D eigenvalue weighted by atomic mass is 32.1. The molecule has 0 radical (unpaired) electrons. The van der Waals surface area contributed by atoms with Gasteiger partial charge in [0, 0.05) is 12.6 Å². The fourth-order valence-corrected chi connectivity index (χ4v) is 2.80. The van der Waals surface area contributed by atoms with Gasteiger partial charge in [0.25, 0.3) is 5.91 Å². The maximum absolute atomic E-state index is 12.2. The predicted molar refractivity (Wildman–Crippen MR) is 61.2 cm³/mol. The van der Waals surface area contributed by atoms with E-state index in [1.165, 1.54) is 17.8 Å². The number of carbonyl (C=O) groups excluding carboxylic acids is 1. The molecule has 2 heterocycles. The summed E-state index contributed by atoms with van der Waals surface area (Å²) in [6.07, 6.45) is 3.50. The summed E-state index contributed by atoms with van der Waals surface area (Å²) in [6.45, 7) is 4.93. The fraction of sp³-hybridized carbons (Fsp3) is 0.636. The van der Waals surface area contributed by atoms with Gasteiger partial charge in [-0.25, -0.2) is 4.98 Å². The van der Waals surface area contributed by atoms with Gasteiger partial charge in [0.2, 0.25) is 0 Å². The summed E-state index contributed by atoms with van der Waals surface area (Å²) in [5.41, 5.74) is 2.61. The zero-order chi connectivity index (χ0) is 10.8. The minimum Gasteiger partial charge on any atom is -0.335 e. The van der Waals surface area contributed by atoms with Crippen molar-refractivity contribution in [3.63, 3.8) is 0 Å². The highest BCUT2D eigenvalue weighted by Gasteiger charge is 2.26. The van der Waals surface area contributed by atoms with Gasteiger partial charge in [-0.2, -0.15) is 0 Å². The van der Waals surface area contributed by atoms with E-state index in [2.05, 4.69) is 11.9 Å². The molecular formula is C11H16N2OS.